The maximum Gasteiger partial charge on any atom is 0.240 e. The maximum absolute atomic E-state index is 15.0. The van der Waals surface area contributed by atoms with Crippen molar-refractivity contribution in [2.75, 3.05) is 0 Å². The van der Waals surface area contributed by atoms with Crippen molar-refractivity contribution in [3.05, 3.63) is 64.5 Å². The van der Waals surface area contributed by atoms with Gasteiger partial charge in [-0.05, 0) is 43.2 Å². The molecule has 7 nitrogen and oxygen atoms in total. The summed E-state index contributed by atoms with van der Waals surface area (Å²) in [5.41, 5.74) is 6.66. The summed E-state index contributed by atoms with van der Waals surface area (Å²) in [5, 5.41) is 7.25. The van der Waals surface area contributed by atoms with Crippen LogP contribution in [0, 0.1) is 18.6 Å². The van der Waals surface area contributed by atoms with Crippen LogP contribution in [0.1, 0.15) is 24.3 Å². The van der Waals surface area contributed by atoms with Gasteiger partial charge in [0.05, 0.1) is 16.1 Å². The molecule has 1 fully saturated rings. The minimum atomic E-state index is -0.829. The zero-order valence-corrected chi connectivity index (χ0v) is 17.7. The quantitative estimate of drug-likeness (QED) is 0.471. The molecule has 1 saturated carbocycles. The predicted molar refractivity (Wildman–Crippen MR) is 114 cm³/mol. The van der Waals surface area contributed by atoms with Crippen LogP contribution in [0.15, 0.2) is 40.9 Å². The van der Waals surface area contributed by atoms with Crippen LogP contribution in [0.3, 0.4) is 0 Å². The Morgan fingerprint density at radius 1 is 1.28 bits per heavy atom. The first-order valence-corrected chi connectivity index (χ1v) is 10.3. The number of fused-ring (bicyclic) bond motifs is 1. The highest BCUT2D eigenvalue weighted by Gasteiger charge is 2.45. The number of nitrogens with zero attached hydrogens (tertiary/aromatic N) is 3. The number of carbonyl (C=O) groups is 1. The second kappa shape index (κ2) is 7.39. The van der Waals surface area contributed by atoms with E-state index in [-0.39, 0.29) is 23.3 Å². The molecule has 1 aliphatic rings. The van der Waals surface area contributed by atoms with E-state index >= 15 is 0 Å². The summed E-state index contributed by atoms with van der Waals surface area (Å²) >= 11 is 6.57. The van der Waals surface area contributed by atoms with Crippen LogP contribution in [-0.2, 0) is 11.3 Å². The van der Waals surface area contributed by atoms with Crippen molar-refractivity contribution in [3.8, 4) is 17.2 Å². The SMILES string of the molecule is Cc1nc(-c2c(Cl)c3cc(F)ccc3n2-c2ccc(CNC(=O)C3(N)CC3)c(F)c2)no1. The van der Waals surface area contributed by atoms with Crippen LogP contribution >= 0.6 is 11.6 Å². The number of aryl methyl sites for hydroxylation is 1. The fraction of sp³-hybridized carbons (Fsp3) is 0.227. The van der Waals surface area contributed by atoms with Gasteiger partial charge in [0.1, 0.15) is 17.3 Å². The Morgan fingerprint density at radius 3 is 2.72 bits per heavy atom. The summed E-state index contributed by atoms with van der Waals surface area (Å²) in [7, 11) is 0. The number of halogens is 3. The van der Waals surface area contributed by atoms with Gasteiger partial charge in [-0.25, -0.2) is 8.78 Å². The van der Waals surface area contributed by atoms with Crippen molar-refractivity contribution in [2.24, 2.45) is 5.73 Å². The molecule has 2 aromatic carbocycles. The molecule has 164 valence electrons. The molecule has 2 aromatic heterocycles. The van der Waals surface area contributed by atoms with Gasteiger partial charge < -0.3 is 20.1 Å². The van der Waals surface area contributed by atoms with Gasteiger partial charge in [0, 0.05) is 30.1 Å². The molecular weight excluding hydrogens is 440 g/mol. The van der Waals surface area contributed by atoms with E-state index < -0.39 is 17.2 Å². The Bertz CT molecular complexity index is 1380. The number of rotatable bonds is 5. The average Bonchev–Trinajstić information content (AvgIpc) is 3.27. The molecule has 0 radical (unpaired) electrons. The summed E-state index contributed by atoms with van der Waals surface area (Å²) in [6.45, 7) is 1.64. The Hall–Kier alpha value is -3.30. The summed E-state index contributed by atoms with van der Waals surface area (Å²) in [5.74, 6) is -0.762. The van der Waals surface area contributed by atoms with Crippen LogP contribution < -0.4 is 11.1 Å². The number of nitrogens with two attached hydrogens (primary N) is 1. The van der Waals surface area contributed by atoms with Gasteiger partial charge in [-0.2, -0.15) is 4.98 Å². The Kier molecular flexibility index (Phi) is 4.75. The van der Waals surface area contributed by atoms with Crippen molar-refractivity contribution in [3.63, 3.8) is 0 Å². The van der Waals surface area contributed by atoms with Crippen LogP contribution in [0.2, 0.25) is 5.02 Å². The summed E-state index contributed by atoms with van der Waals surface area (Å²) in [4.78, 5) is 16.3. The van der Waals surface area contributed by atoms with Gasteiger partial charge in [-0.15, -0.1) is 0 Å². The van der Waals surface area contributed by atoms with Gasteiger partial charge in [0.15, 0.2) is 0 Å². The molecule has 10 heteroatoms. The smallest absolute Gasteiger partial charge is 0.240 e. The number of nitrogens with one attached hydrogen (secondary N) is 1. The average molecular weight is 458 g/mol. The minimum Gasteiger partial charge on any atom is -0.350 e. The molecule has 2 heterocycles. The Morgan fingerprint density at radius 2 is 2.06 bits per heavy atom. The molecule has 4 aromatic rings. The number of benzene rings is 2. The lowest BCUT2D eigenvalue weighted by Gasteiger charge is -2.13. The van der Waals surface area contributed by atoms with Gasteiger partial charge in [-0.3, -0.25) is 4.79 Å². The van der Waals surface area contributed by atoms with Crippen molar-refractivity contribution in [1.82, 2.24) is 20.0 Å². The molecule has 0 spiro atoms. The third kappa shape index (κ3) is 3.43. The molecular formula is C22H18ClF2N5O2. The fourth-order valence-electron chi connectivity index (χ4n) is 3.62. The molecule has 3 N–H and O–H groups in total. The van der Waals surface area contributed by atoms with Gasteiger partial charge in [0.2, 0.25) is 17.6 Å². The Balaban J connectivity index is 1.58. The highest BCUT2D eigenvalue weighted by atomic mass is 35.5. The molecule has 0 unspecified atom stereocenters. The van der Waals surface area contributed by atoms with E-state index in [2.05, 4.69) is 15.5 Å². The molecule has 1 amide bonds. The van der Waals surface area contributed by atoms with E-state index in [1.165, 1.54) is 18.2 Å². The normalized spacial score (nSPS) is 14.7. The van der Waals surface area contributed by atoms with Crippen LogP contribution in [-0.4, -0.2) is 26.2 Å². The van der Waals surface area contributed by atoms with E-state index in [9.17, 15) is 13.6 Å². The molecule has 5 rings (SSSR count). The summed E-state index contributed by atoms with van der Waals surface area (Å²) in [6.07, 6.45) is 1.25. The number of carbonyl (C=O) groups excluding carboxylic acids is 1. The van der Waals surface area contributed by atoms with Crippen LogP contribution in [0.25, 0.3) is 28.1 Å². The van der Waals surface area contributed by atoms with Crippen molar-refractivity contribution < 1.29 is 18.1 Å². The Labute approximate surface area is 186 Å². The molecule has 0 aliphatic heterocycles. The second-order valence-electron chi connectivity index (χ2n) is 7.91. The first kappa shape index (κ1) is 20.6. The summed E-state index contributed by atoms with van der Waals surface area (Å²) < 4.78 is 35.6. The number of amides is 1. The van der Waals surface area contributed by atoms with E-state index in [0.29, 0.717) is 46.6 Å². The van der Waals surface area contributed by atoms with Crippen molar-refractivity contribution in [2.45, 2.75) is 31.8 Å². The minimum absolute atomic E-state index is 0.0131. The first-order chi connectivity index (χ1) is 15.3. The zero-order valence-electron chi connectivity index (χ0n) is 17.0. The maximum atomic E-state index is 15.0. The van der Waals surface area contributed by atoms with Crippen molar-refractivity contribution in [1.29, 1.82) is 0 Å². The summed E-state index contributed by atoms with van der Waals surface area (Å²) in [6, 6.07) is 8.69. The number of aromatic nitrogens is 3. The zero-order chi connectivity index (χ0) is 22.6. The number of hydrogen-bond acceptors (Lipinski definition) is 5. The molecule has 32 heavy (non-hydrogen) atoms. The van der Waals surface area contributed by atoms with E-state index in [4.69, 9.17) is 21.9 Å². The standard InChI is InChI=1S/C22H18ClF2N5O2/c1-11-28-20(29-32-11)19-18(23)15-8-13(24)3-5-17(15)30(19)14-4-2-12(16(25)9-14)10-27-21(31)22(26)6-7-22/h2-5,8-9H,6-7,10,26H2,1H3,(H,27,31). The predicted octanol–water partition coefficient (Wildman–Crippen LogP) is 4.03. The molecule has 0 atom stereocenters. The fourth-order valence-corrected chi connectivity index (χ4v) is 3.94. The monoisotopic (exact) mass is 457 g/mol. The third-order valence-corrected chi connectivity index (χ3v) is 5.96. The first-order valence-electron chi connectivity index (χ1n) is 9.93. The lowest BCUT2D eigenvalue weighted by Crippen LogP contribution is -2.42. The van der Waals surface area contributed by atoms with Crippen LogP contribution in [0.5, 0.6) is 0 Å². The largest absolute Gasteiger partial charge is 0.350 e. The number of hydrogen-bond donors (Lipinski definition) is 2. The highest BCUT2D eigenvalue weighted by Crippen LogP contribution is 2.39. The second-order valence-corrected chi connectivity index (χ2v) is 8.29. The van der Waals surface area contributed by atoms with Gasteiger partial charge in [0.25, 0.3) is 0 Å². The lowest BCUT2D eigenvalue weighted by molar-refractivity contribution is -0.123. The van der Waals surface area contributed by atoms with Crippen molar-refractivity contribution >= 4 is 28.4 Å². The van der Waals surface area contributed by atoms with Gasteiger partial charge >= 0.3 is 0 Å². The van der Waals surface area contributed by atoms with E-state index in [0.717, 1.165) is 0 Å². The van der Waals surface area contributed by atoms with Gasteiger partial charge in [-0.1, -0.05) is 22.8 Å². The lowest BCUT2D eigenvalue weighted by atomic mass is 10.1. The van der Waals surface area contributed by atoms with E-state index in [1.807, 2.05) is 0 Å². The molecule has 0 saturated heterocycles. The highest BCUT2D eigenvalue weighted by molar-refractivity contribution is 6.38. The van der Waals surface area contributed by atoms with E-state index in [1.54, 1.807) is 29.7 Å². The third-order valence-electron chi connectivity index (χ3n) is 5.58. The molecule has 1 aliphatic carbocycles. The molecule has 0 bridgehead atoms. The van der Waals surface area contributed by atoms with Crippen LogP contribution in [0.4, 0.5) is 8.78 Å². The topological polar surface area (TPSA) is 99.0 Å².